The first-order valence-corrected chi connectivity index (χ1v) is 8.11. The summed E-state index contributed by atoms with van der Waals surface area (Å²) in [6, 6.07) is 0. The van der Waals surface area contributed by atoms with Crippen LogP contribution in [0.3, 0.4) is 0 Å². The highest BCUT2D eigenvalue weighted by atomic mass is 17.2. The quantitative estimate of drug-likeness (QED) is 0.467. The highest BCUT2D eigenvalue weighted by Crippen LogP contribution is 2.20. The Morgan fingerprint density at radius 1 is 1.43 bits per heavy atom. The number of nitrogens with one attached hydrogen (secondary N) is 1. The minimum absolute atomic E-state index is 0.309. The summed E-state index contributed by atoms with van der Waals surface area (Å²) in [5.41, 5.74) is 0.878. The van der Waals surface area contributed by atoms with Crippen LogP contribution in [0.25, 0.3) is 0 Å². The number of hydrogen-bond acceptors (Lipinski definition) is 7. The summed E-state index contributed by atoms with van der Waals surface area (Å²) in [4.78, 5) is 31.3. The van der Waals surface area contributed by atoms with E-state index in [1.807, 2.05) is 0 Å². The van der Waals surface area contributed by atoms with Crippen LogP contribution >= 0.6 is 0 Å². The van der Waals surface area contributed by atoms with E-state index in [0.717, 1.165) is 18.9 Å². The standard InChI is InChI=1S/C16H26N4O3/c1-12-14(15(21)23-22-3)11-18-16(19-12)17-8-4-5-13-6-9-20(2)10-7-13/h11,13H,4-10H2,1-3H3,(H,17,18,19). The van der Waals surface area contributed by atoms with Crippen LogP contribution in [0.15, 0.2) is 6.20 Å². The molecule has 0 aliphatic carbocycles. The van der Waals surface area contributed by atoms with Gasteiger partial charge in [0.2, 0.25) is 5.95 Å². The van der Waals surface area contributed by atoms with Crippen molar-refractivity contribution in [2.24, 2.45) is 5.92 Å². The molecular weight excluding hydrogens is 296 g/mol. The minimum Gasteiger partial charge on any atom is -0.354 e. The average molecular weight is 322 g/mol. The van der Waals surface area contributed by atoms with Crippen LogP contribution in [0.4, 0.5) is 5.95 Å². The lowest BCUT2D eigenvalue weighted by atomic mass is 9.92. The van der Waals surface area contributed by atoms with Gasteiger partial charge in [0.1, 0.15) is 5.56 Å². The van der Waals surface area contributed by atoms with Gasteiger partial charge in [0.25, 0.3) is 0 Å². The smallest absolute Gasteiger partial charge is 0.354 e. The summed E-state index contributed by atoms with van der Waals surface area (Å²) in [7, 11) is 3.47. The van der Waals surface area contributed by atoms with Crippen molar-refractivity contribution in [2.75, 3.05) is 39.1 Å². The zero-order valence-corrected chi connectivity index (χ0v) is 14.2. The van der Waals surface area contributed by atoms with Gasteiger partial charge in [-0.05, 0) is 58.7 Å². The number of aromatic nitrogens is 2. The van der Waals surface area contributed by atoms with Crippen LogP contribution < -0.4 is 5.32 Å². The Morgan fingerprint density at radius 3 is 2.83 bits per heavy atom. The normalized spacial score (nSPS) is 16.3. The maximum atomic E-state index is 11.6. The maximum absolute atomic E-state index is 11.6. The number of rotatable bonds is 7. The van der Waals surface area contributed by atoms with Gasteiger partial charge in [-0.1, -0.05) is 0 Å². The van der Waals surface area contributed by atoms with Gasteiger partial charge in [-0.2, -0.15) is 4.89 Å². The third-order valence-corrected chi connectivity index (χ3v) is 4.27. The zero-order chi connectivity index (χ0) is 16.7. The van der Waals surface area contributed by atoms with Crippen molar-refractivity contribution in [2.45, 2.75) is 32.6 Å². The van der Waals surface area contributed by atoms with Crippen LogP contribution in [-0.4, -0.2) is 54.6 Å². The van der Waals surface area contributed by atoms with Crippen LogP contribution in [0.2, 0.25) is 0 Å². The minimum atomic E-state index is -0.584. The Labute approximate surface area is 137 Å². The number of piperidine rings is 1. The molecule has 7 nitrogen and oxygen atoms in total. The number of nitrogens with zero attached hydrogens (tertiary/aromatic N) is 3. The molecule has 1 N–H and O–H groups in total. The van der Waals surface area contributed by atoms with Crippen LogP contribution in [0.5, 0.6) is 0 Å². The fourth-order valence-corrected chi connectivity index (χ4v) is 2.81. The van der Waals surface area contributed by atoms with Gasteiger partial charge in [0.15, 0.2) is 0 Å². The molecule has 1 saturated heterocycles. The largest absolute Gasteiger partial charge is 0.376 e. The molecule has 0 bridgehead atoms. The molecule has 0 radical (unpaired) electrons. The predicted octanol–water partition coefficient (Wildman–Crippen LogP) is 2.04. The molecule has 0 unspecified atom stereocenters. The maximum Gasteiger partial charge on any atom is 0.376 e. The molecule has 1 fully saturated rings. The van der Waals surface area contributed by atoms with E-state index in [2.05, 4.69) is 37.0 Å². The predicted molar refractivity (Wildman–Crippen MR) is 87.1 cm³/mol. The summed E-state index contributed by atoms with van der Waals surface area (Å²) in [6.07, 6.45) is 6.39. The van der Waals surface area contributed by atoms with Gasteiger partial charge in [0, 0.05) is 12.7 Å². The topological polar surface area (TPSA) is 76.6 Å². The third kappa shape index (κ3) is 5.44. The highest BCUT2D eigenvalue weighted by molar-refractivity contribution is 5.89. The van der Waals surface area contributed by atoms with Crippen molar-refractivity contribution in [1.29, 1.82) is 0 Å². The molecule has 0 aromatic carbocycles. The molecule has 0 saturated carbocycles. The lowest BCUT2D eigenvalue weighted by Gasteiger charge is -2.28. The van der Waals surface area contributed by atoms with Crippen molar-refractivity contribution in [1.82, 2.24) is 14.9 Å². The number of carbonyl (C=O) groups excluding carboxylic acids is 1. The van der Waals surface area contributed by atoms with E-state index >= 15 is 0 Å². The van der Waals surface area contributed by atoms with Crippen molar-refractivity contribution in [3.05, 3.63) is 17.5 Å². The number of hydrogen-bond donors (Lipinski definition) is 1. The fraction of sp³-hybridized carbons (Fsp3) is 0.688. The first kappa shape index (κ1) is 17.6. The summed E-state index contributed by atoms with van der Waals surface area (Å²) in [5, 5.41) is 3.22. The monoisotopic (exact) mass is 322 g/mol. The number of anilines is 1. The summed E-state index contributed by atoms with van der Waals surface area (Å²) < 4.78 is 0. The second kappa shape index (κ2) is 8.79. The molecule has 0 amide bonds. The van der Waals surface area contributed by atoms with Crippen LogP contribution in [-0.2, 0) is 9.78 Å². The Kier molecular flexibility index (Phi) is 6.73. The zero-order valence-electron chi connectivity index (χ0n) is 14.2. The summed E-state index contributed by atoms with van der Waals surface area (Å²) in [5.74, 6) is 0.792. The molecule has 0 spiro atoms. The fourth-order valence-electron chi connectivity index (χ4n) is 2.81. The second-order valence-corrected chi connectivity index (χ2v) is 6.05. The SMILES string of the molecule is COOC(=O)c1cnc(NCCCC2CCN(C)CC2)nc1C. The van der Waals surface area contributed by atoms with Gasteiger partial charge in [0.05, 0.1) is 12.8 Å². The molecule has 1 aliphatic heterocycles. The molecule has 128 valence electrons. The van der Waals surface area contributed by atoms with E-state index in [1.165, 1.54) is 45.7 Å². The van der Waals surface area contributed by atoms with Crippen molar-refractivity contribution >= 4 is 11.9 Å². The summed E-state index contributed by atoms with van der Waals surface area (Å²) in [6.45, 7) is 5.00. The number of aryl methyl sites for hydroxylation is 1. The summed E-state index contributed by atoms with van der Waals surface area (Å²) >= 11 is 0. The lowest BCUT2D eigenvalue weighted by molar-refractivity contribution is -0.216. The van der Waals surface area contributed by atoms with Gasteiger partial charge in [-0.15, -0.1) is 0 Å². The third-order valence-electron chi connectivity index (χ3n) is 4.27. The molecule has 7 heteroatoms. The van der Waals surface area contributed by atoms with Crippen LogP contribution in [0.1, 0.15) is 41.7 Å². The van der Waals surface area contributed by atoms with E-state index in [0.29, 0.717) is 17.2 Å². The number of likely N-dealkylation sites (tertiary alicyclic amines) is 1. The molecule has 1 aromatic heterocycles. The van der Waals surface area contributed by atoms with E-state index in [1.54, 1.807) is 6.92 Å². The lowest BCUT2D eigenvalue weighted by Crippen LogP contribution is -2.30. The van der Waals surface area contributed by atoms with E-state index in [-0.39, 0.29) is 0 Å². The molecule has 0 atom stereocenters. The van der Waals surface area contributed by atoms with E-state index in [9.17, 15) is 4.79 Å². The van der Waals surface area contributed by atoms with Crippen molar-refractivity contribution in [3.8, 4) is 0 Å². The Hall–Kier alpha value is -1.73. The molecule has 23 heavy (non-hydrogen) atoms. The van der Waals surface area contributed by atoms with Crippen LogP contribution in [0, 0.1) is 12.8 Å². The van der Waals surface area contributed by atoms with Crippen molar-refractivity contribution < 1.29 is 14.6 Å². The Morgan fingerprint density at radius 2 is 2.17 bits per heavy atom. The average Bonchev–Trinajstić information content (AvgIpc) is 2.53. The van der Waals surface area contributed by atoms with Gasteiger partial charge in [-0.25, -0.2) is 14.8 Å². The molecule has 2 heterocycles. The molecular formula is C16H26N4O3. The van der Waals surface area contributed by atoms with Gasteiger partial charge < -0.3 is 10.2 Å². The molecule has 1 aromatic rings. The van der Waals surface area contributed by atoms with Crippen molar-refractivity contribution in [3.63, 3.8) is 0 Å². The molecule has 2 rings (SSSR count). The second-order valence-electron chi connectivity index (χ2n) is 6.05. The Bertz CT molecular complexity index is 516. The van der Waals surface area contributed by atoms with E-state index in [4.69, 9.17) is 0 Å². The van der Waals surface area contributed by atoms with Gasteiger partial charge in [-0.3, -0.25) is 4.89 Å². The highest BCUT2D eigenvalue weighted by Gasteiger charge is 2.16. The first-order chi connectivity index (χ1) is 11.1. The van der Waals surface area contributed by atoms with Gasteiger partial charge >= 0.3 is 5.97 Å². The van der Waals surface area contributed by atoms with E-state index < -0.39 is 5.97 Å². The number of carbonyl (C=O) groups is 1. The Balaban J connectivity index is 1.73. The first-order valence-electron chi connectivity index (χ1n) is 8.11. The molecule has 1 aliphatic rings.